The maximum atomic E-state index is 12.2. The maximum Gasteiger partial charge on any atom is 0.339 e. The summed E-state index contributed by atoms with van der Waals surface area (Å²) in [5.41, 5.74) is 3.56. The smallest absolute Gasteiger partial charge is 0.339 e. The van der Waals surface area contributed by atoms with Crippen LogP contribution < -0.4 is 0 Å². The first-order valence-corrected chi connectivity index (χ1v) is 7.54. The number of esters is 1. The van der Waals surface area contributed by atoms with Crippen LogP contribution in [0, 0.1) is 0 Å². The normalized spacial score (nSPS) is 11.2. The van der Waals surface area contributed by atoms with Gasteiger partial charge in [0.15, 0.2) is 0 Å². The molecule has 0 aliphatic carbocycles. The number of allylic oxidation sites excluding steroid dienone is 1. The molecule has 20 heavy (non-hydrogen) atoms. The molecule has 0 bridgehead atoms. The van der Waals surface area contributed by atoms with Gasteiger partial charge in [-0.25, -0.2) is 4.79 Å². The Morgan fingerprint density at radius 2 is 1.65 bits per heavy atom. The fraction of sp³-hybridized carbons (Fsp3) is 0.118. The average molecular weight is 378 g/mol. The number of hydrogen-bond acceptors (Lipinski definition) is 2. The van der Waals surface area contributed by atoms with E-state index in [1.54, 1.807) is 6.07 Å². The molecule has 0 atom stereocenters. The van der Waals surface area contributed by atoms with Gasteiger partial charge in [-0.1, -0.05) is 71.1 Å². The molecule has 2 aromatic rings. The number of halogens is 1. The lowest BCUT2D eigenvalue weighted by Crippen LogP contribution is -2.07. The van der Waals surface area contributed by atoms with Gasteiger partial charge in [0.05, 0.1) is 5.56 Å². The zero-order chi connectivity index (χ0) is 14.4. The summed E-state index contributed by atoms with van der Waals surface area (Å²) in [6.45, 7) is 2.27. The zero-order valence-corrected chi connectivity index (χ0v) is 13.3. The molecular formula is C17H15IO2. The van der Waals surface area contributed by atoms with Gasteiger partial charge in [0.2, 0.25) is 0 Å². The summed E-state index contributed by atoms with van der Waals surface area (Å²) in [4.78, 5) is 12.2. The van der Waals surface area contributed by atoms with E-state index in [4.69, 9.17) is 4.74 Å². The highest BCUT2D eigenvalue weighted by molar-refractivity contribution is 14.1. The Balaban J connectivity index is 2.14. The Morgan fingerprint density at radius 1 is 1.05 bits per heavy atom. The lowest BCUT2D eigenvalue weighted by Gasteiger charge is -2.09. The molecule has 0 fully saturated rings. The standard InChI is InChI=1S/C17H15IO2/c1-13(11-18)15-9-5-6-10-16(15)17(19)20-12-14-7-3-2-4-8-14/h2-11H,12H2,1H3/b13-11-. The fourth-order valence-corrected chi connectivity index (χ4v) is 2.20. The molecule has 0 unspecified atom stereocenters. The Hall–Kier alpha value is -1.62. The van der Waals surface area contributed by atoms with Crippen molar-refractivity contribution in [2.75, 3.05) is 0 Å². The first-order chi connectivity index (χ1) is 9.72. The van der Waals surface area contributed by atoms with Crippen molar-refractivity contribution < 1.29 is 9.53 Å². The predicted molar refractivity (Wildman–Crippen MR) is 89.7 cm³/mol. The number of ether oxygens (including phenoxy) is 1. The summed E-state index contributed by atoms with van der Waals surface area (Å²) < 4.78 is 7.34. The monoisotopic (exact) mass is 378 g/mol. The molecule has 102 valence electrons. The zero-order valence-electron chi connectivity index (χ0n) is 11.2. The average Bonchev–Trinajstić information content (AvgIpc) is 2.52. The second-order valence-electron chi connectivity index (χ2n) is 4.40. The number of hydrogen-bond donors (Lipinski definition) is 0. The van der Waals surface area contributed by atoms with Crippen molar-refractivity contribution in [3.8, 4) is 0 Å². The molecule has 0 aliphatic rings. The van der Waals surface area contributed by atoms with E-state index in [-0.39, 0.29) is 5.97 Å². The van der Waals surface area contributed by atoms with Crippen LogP contribution >= 0.6 is 22.6 Å². The highest BCUT2D eigenvalue weighted by Gasteiger charge is 2.13. The van der Waals surface area contributed by atoms with E-state index in [0.29, 0.717) is 12.2 Å². The van der Waals surface area contributed by atoms with Crippen molar-refractivity contribution in [1.29, 1.82) is 0 Å². The molecule has 0 saturated heterocycles. The highest BCUT2D eigenvalue weighted by atomic mass is 127. The van der Waals surface area contributed by atoms with E-state index in [9.17, 15) is 4.79 Å². The van der Waals surface area contributed by atoms with Crippen LogP contribution in [0.1, 0.15) is 28.4 Å². The topological polar surface area (TPSA) is 26.3 Å². The summed E-state index contributed by atoms with van der Waals surface area (Å²) >= 11 is 2.17. The van der Waals surface area contributed by atoms with E-state index in [2.05, 4.69) is 22.6 Å². The summed E-state index contributed by atoms with van der Waals surface area (Å²) in [5, 5.41) is 0. The number of rotatable bonds is 4. The molecule has 0 radical (unpaired) electrons. The van der Waals surface area contributed by atoms with Gasteiger partial charge in [-0.2, -0.15) is 0 Å². The van der Waals surface area contributed by atoms with Gasteiger partial charge in [0.1, 0.15) is 6.61 Å². The van der Waals surface area contributed by atoms with Gasteiger partial charge in [-0.15, -0.1) is 0 Å². The number of carbonyl (C=O) groups excluding carboxylic acids is 1. The van der Waals surface area contributed by atoms with Crippen LogP contribution in [0.2, 0.25) is 0 Å². The van der Waals surface area contributed by atoms with Crippen molar-refractivity contribution in [1.82, 2.24) is 0 Å². The van der Waals surface area contributed by atoms with Crippen LogP contribution in [0.15, 0.2) is 58.7 Å². The maximum absolute atomic E-state index is 12.2. The molecule has 2 rings (SSSR count). The van der Waals surface area contributed by atoms with E-state index < -0.39 is 0 Å². The Kier molecular flexibility index (Phi) is 5.35. The fourth-order valence-electron chi connectivity index (χ4n) is 1.86. The molecule has 0 aromatic heterocycles. The van der Waals surface area contributed by atoms with Crippen LogP contribution in [0.4, 0.5) is 0 Å². The van der Waals surface area contributed by atoms with Gasteiger partial charge in [0.25, 0.3) is 0 Å². The Bertz CT molecular complexity index is 618. The van der Waals surface area contributed by atoms with Crippen molar-refractivity contribution >= 4 is 34.1 Å². The summed E-state index contributed by atoms with van der Waals surface area (Å²) in [5.74, 6) is -0.290. The molecule has 0 N–H and O–H groups in total. The minimum atomic E-state index is -0.290. The second-order valence-corrected chi connectivity index (χ2v) is 5.02. The third-order valence-electron chi connectivity index (χ3n) is 2.95. The SMILES string of the molecule is C/C(=C/I)c1ccccc1C(=O)OCc1ccccc1. The van der Waals surface area contributed by atoms with Crippen LogP contribution in [-0.2, 0) is 11.3 Å². The van der Waals surface area contributed by atoms with Gasteiger partial charge >= 0.3 is 5.97 Å². The molecule has 2 aromatic carbocycles. The van der Waals surface area contributed by atoms with Gasteiger partial charge in [-0.05, 0) is 33.8 Å². The molecule has 2 nitrogen and oxygen atoms in total. The van der Waals surface area contributed by atoms with Crippen LogP contribution in [0.3, 0.4) is 0 Å². The van der Waals surface area contributed by atoms with Crippen molar-refractivity contribution in [3.63, 3.8) is 0 Å². The van der Waals surface area contributed by atoms with Gasteiger partial charge in [-0.3, -0.25) is 0 Å². The van der Waals surface area contributed by atoms with Crippen molar-refractivity contribution in [3.05, 3.63) is 75.4 Å². The first kappa shape index (κ1) is 14.8. The summed E-state index contributed by atoms with van der Waals surface area (Å²) in [6.07, 6.45) is 0. The van der Waals surface area contributed by atoms with Crippen molar-refractivity contribution in [2.24, 2.45) is 0 Å². The Morgan fingerprint density at radius 3 is 2.30 bits per heavy atom. The number of carbonyl (C=O) groups is 1. The molecule has 0 heterocycles. The Labute approximate surface area is 132 Å². The number of benzene rings is 2. The lowest BCUT2D eigenvalue weighted by atomic mass is 10.0. The molecule has 3 heteroatoms. The highest BCUT2D eigenvalue weighted by Crippen LogP contribution is 2.21. The van der Waals surface area contributed by atoms with E-state index >= 15 is 0 Å². The second kappa shape index (κ2) is 7.24. The quantitative estimate of drug-likeness (QED) is 0.562. The van der Waals surface area contributed by atoms with Gasteiger partial charge < -0.3 is 4.74 Å². The summed E-state index contributed by atoms with van der Waals surface area (Å²) in [7, 11) is 0. The van der Waals surface area contributed by atoms with E-state index in [0.717, 1.165) is 16.7 Å². The van der Waals surface area contributed by atoms with Crippen LogP contribution in [-0.4, -0.2) is 5.97 Å². The van der Waals surface area contributed by atoms with Crippen LogP contribution in [0.5, 0.6) is 0 Å². The molecule has 0 aliphatic heterocycles. The minimum absolute atomic E-state index is 0.290. The van der Waals surface area contributed by atoms with Gasteiger partial charge in [0, 0.05) is 0 Å². The molecular weight excluding hydrogens is 363 g/mol. The lowest BCUT2D eigenvalue weighted by molar-refractivity contribution is 0.0472. The molecule has 0 amide bonds. The van der Waals surface area contributed by atoms with Crippen molar-refractivity contribution in [2.45, 2.75) is 13.5 Å². The van der Waals surface area contributed by atoms with Crippen LogP contribution in [0.25, 0.3) is 5.57 Å². The third kappa shape index (κ3) is 3.70. The first-order valence-electron chi connectivity index (χ1n) is 6.30. The third-order valence-corrected chi connectivity index (χ3v) is 3.88. The molecule has 0 spiro atoms. The van der Waals surface area contributed by atoms with E-state index in [1.807, 2.05) is 59.5 Å². The van der Waals surface area contributed by atoms with E-state index in [1.165, 1.54) is 0 Å². The summed E-state index contributed by atoms with van der Waals surface area (Å²) in [6, 6.07) is 17.2. The predicted octanol–water partition coefficient (Wildman–Crippen LogP) is 4.84. The largest absolute Gasteiger partial charge is 0.457 e. The molecule has 0 saturated carbocycles. The minimum Gasteiger partial charge on any atom is -0.457 e.